The smallest absolute Gasteiger partial charge is 0.333 e. The Labute approximate surface area is 195 Å². The Kier molecular flexibility index (Phi) is 23.4. The number of carboxylic acid groups (broad SMARTS) is 2. The van der Waals surface area contributed by atoms with E-state index in [-0.39, 0.29) is 25.8 Å². The van der Waals surface area contributed by atoms with Gasteiger partial charge in [-0.05, 0) is 32.3 Å². The lowest BCUT2D eigenvalue weighted by atomic mass is 9.88. The third-order valence-electron chi connectivity index (χ3n) is 4.06. The number of aliphatic hydroxyl groups is 3. The molecule has 0 fully saturated rings. The first kappa shape index (κ1) is 34.7. The second-order valence-corrected chi connectivity index (χ2v) is 6.74. The highest BCUT2D eigenvalue weighted by molar-refractivity contribution is 5.86. The summed E-state index contributed by atoms with van der Waals surface area (Å²) in [5.41, 5.74) is -0.245. The van der Waals surface area contributed by atoms with E-state index in [9.17, 15) is 14.4 Å². The van der Waals surface area contributed by atoms with Crippen molar-refractivity contribution in [2.24, 2.45) is 5.41 Å². The summed E-state index contributed by atoms with van der Waals surface area (Å²) in [7, 11) is 0. The van der Waals surface area contributed by atoms with Crippen LogP contribution in [0, 0.1) is 5.41 Å². The van der Waals surface area contributed by atoms with Crippen molar-refractivity contribution in [1.82, 2.24) is 0 Å². The van der Waals surface area contributed by atoms with Gasteiger partial charge in [-0.3, -0.25) is 0 Å². The van der Waals surface area contributed by atoms with Crippen LogP contribution in [-0.4, -0.2) is 76.5 Å². The third-order valence-corrected chi connectivity index (χ3v) is 4.06. The molecule has 1 aliphatic carbocycles. The number of hydrogen-bond acceptors (Lipinski definition) is 8. The molecule has 0 aromatic rings. The molecule has 33 heavy (non-hydrogen) atoms. The predicted molar refractivity (Wildman–Crippen MR) is 123 cm³/mol. The molecular formula is C23H38O10. The summed E-state index contributed by atoms with van der Waals surface area (Å²) >= 11 is 0. The fourth-order valence-electron chi connectivity index (χ4n) is 1.69. The van der Waals surface area contributed by atoms with Crippen LogP contribution >= 0.6 is 0 Å². The fraction of sp³-hybridized carbons (Fsp3) is 0.522. The second kappa shape index (κ2) is 22.3. The lowest BCUT2D eigenvalue weighted by molar-refractivity contribution is -0.140. The van der Waals surface area contributed by atoms with Gasteiger partial charge in [0, 0.05) is 29.6 Å². The minimum absolute atomic E-state index is 0.156. The first-order chi connectivity index (χ1) is 15.5. The SMILES string of the molecule is C=C(C)C(=O)OCCOC1=CCCC1.C=CC(=O)O.C=CC(=O)O.CCC(CO)(CO)CO. The van der Waals surface area contributed by atoms with E-state index >= 15 is 0 Å². The van der Waals surface area contributed by atoms with Crippen molar-refractivity contribution < 1.29 is 49.4 Å². The number of esters is 1. The van der Waals surface area contributed by atoms with Crippen molar-refractivity contribution in [3.8, 4) is 0 Å². The van der Waals surface area contributed by atoms with Crippen LogP contribution in [0.15, 0.2) is 49.3 Å². The minimum atomic E-state index is -0.981. The van der Waals surface area contributed by atoms with E-state index in [1.54, 1.807) is 6.92 Å². The van der Waals surface area contributed by atoms with Gasteiger partial charge in [-0.25, -0.2) is 14.4 Å². The van der Waals surface area contributed by atoms with E-state index in [0.717, 1.165) is 30.8 Å². The molecule has 1 rings (SSSR count). The summed E-state index contributed by atoms with van der Waals surface area (Å²) in [6.45, 7) is 13.1. The normalized spacial score (nSPS) is 11.5. The zero-order valence-corrected chi connectivity index (χ0v) is 19.5. The number of ether oxygens (including phenoxy) is 2. The van der Waals surface area contributed by atoms with E-state index in [1.165, 1.54) is 6.42 Å². The van der Waals surface area contributed by atoms with E-state index in [1.807, 2.05) is 6.92 Å². The van der Waals surface area contributed by atoms with Crippen molar-refractivity contribution >= 4 is 17.9 Å². The van der Waals surface area contributed by atoms with Crippen LogP contribution < -0.4 is 0 Å². The number of allylic oxidation sites excluding steroid dienone is 2. The summed E-state index contributed by atoms with van der Waals surface area (Å²) in [5.74, 6) is -1.29. The Morgan fingerprint density at radius 3 is 1.73 bits per heavy atom. The molecule has 0 radical (unpaired) electrons. The average molecular weight is 475 g/mol. The van der Waals surface area contributed by atoms with Gasteiger partial charge in [-0.2, -0.15) is 0 Å². The van der Waals surface area contributed by atoms with E-state index in [0.29, 0.717) is 25.2 Å². The molecule has 10 nitrogen and oxygen atoms in total. The summed E-state index contributed by atoms with van der Waals surface area (Å²) in [6, 6.07) is 0. The molecule has 0 saturated heterocycles. The highest BCUT2D eigenvalue weighted by atomic mass is 16.6. The first-order valence-electron chi connectivity index (χ1n) is 10.2. The Morgan fingerprint density at radius 1 is 1.03 bits per heavy atom. The molecule has 1 aliphatic rings. The molecule has 190 valence electrons. The van der Waals surface area contributed by atoms with Crippen LogP contribution in [0.2, 0.25) is 0 Å². The van der Waals surface area contributed by atoms with E-state index in [2.05, 4.69) is 25.8 Å². The Bertz CT molecular complexity index is 594. The summed E-state index contributed by atoms with van der Waals surface area (Å²) in [4.78, 5) is 29.4. The minimum Gasteiger partial charge on any atom is -0.495 e. The second-order valence-electron chi connectivity index (χ2n) is 6.74. The number of hydrogen-bond donors (Lipinski definition) is 5. The van der Waals surface area contributed by atoms with Gasteiger partial charge in [0.2, 0.25) is 0 Å². The van der Waals surface area contributed by atoms with Crippen molar-refractivity contribution in [1.29, 1.82) is 0 Å². The molecule has 5 N–H and O–H groups in total. The molecule has 0 atom stereocenters. The molecule has 0 amide bonds. The van der Waals surface area contributed by atoms with Gasteiger partial charge in [-0.15, -0.1) is 0 Å². The van der Waals surface area contributed by atoms with Crippen LogP contribution in [-0.2, 0) is 23.9 Å². The van der Waals surface area contributed by atoms with Crippen molar-refractivity contribution in [3.63, 3.8) is 0 Å². The summed E-state index contributed by atoms with van der Waals surface area (Å²) < 4.78 is 10.3. The van der Waals surface area contributed by atoms with Crippen LogP contribution in [0.25, 0.3) is 0 Å². The van der Waals surface area contributed by atoms with Crippen LogP contribution in [0.4, 0.5) is 0 Å². The maximum absolute atomic E-state index is 10.9. The topological polar surface area (TPSA) is 171 Å². The quantitative estimate of drug-likeness (QED) is 0.170. The number of carbonyl (C=O) groups excluding carboxylic acids is 1. The fourth-order valence-corrected chi connectivity index (χ4v) is 1.69. The first-order valence-corrected chi connectivity index (χ1v) is 10.2. The molecule has 0 bridgehead atoms. The van der Waals surface area contributed by atoms with Crippen molar-refractivity contribution in [3.05, 3.63) is 49.3 Å². The molecule has 0 spiro atoms. The van der Waals surface area contributed by atoms with Gasteiger partial charge in [0.1, 0.15) is 13.2 Å². The molecule has 0 heterocycles. The Balaban J connectivity index is -0.000000407. The molecule has 0 saturated carbocycles. The number of aliphatic hydroxyl groups excluding tert-OH is 3. The summed E-state index contributed by atoms with van der Waals surface area (Å²) in [6.07, 6.45) is 7.62. The largest absolute Gasteiger partial charge is 0.495 e. The highest BCUT2D eigenvalue weighted by Gasteiger charge is 2.24. The molecule has 0 aliphatic heterocycles. The molecule has 0 aromatic heterocycles. The van der Waals surface area contributed by atoms with Gasteiger partial charge in [-0.1, -0.05) is 26.7 Å². The van der Waals surface area contributed by atoms with Gasteiger partial charge in [0.25, 0.3) is 0 Å². The van der Waals surface area contributed by atoms with Crippen molar-refractivity contribution in [2.75, 3.05) is 33.0 Å². The maximum atomic E-state index is 10.9. The summed E-state index contributed by atoms with van der Waals surface area (Å²) in [5, 5.41) is 41.2. The number of rotatable bonds is 11. The predicted octanol–water partition coefficient (Wildman–Crippen LogP) is 2.06. The lowest BCUT2D eigenvalue weighted by Crippen LogP contribution is -2.32. The zero-order chi connectivity index (χ0) is 26.3. The number of aliphatic carboxylic acids is 2. The van der Waals surface area contributed by atoms with Crippen LogP contribution in [0.3, 0.4) is 0 Å². The van der Waals surface area contributed by atoms with Gasteiger partial charge in [0.15, 0.2) is 0 Å². The molecule has 0 aromatic carbocycles. The van der Waals surface area contributed by atoms with Gasteiger partial charge < -0.3 is 35.0 Å². The lowest BCUT2D eigenvalue weighted by Gasteiger charge is -2.24. The average Bonchev–Trinajstić information content (AvgIpc) is 3.33. The molecule has 10 heteroatoms. The number of carbonyl (C=O) groups is 3. The standard InChI is InChI=1S/C11H16O3.C6H14O3.2C3H4O2/c1-9(2)11(12)14-8-7-13-10-5-3-4-6-10;1-2-6(3-7,4-8)5-9;2*1-2-3(4)5/h5H,1,3-4,6-8H2,2H3;7-9H,2-5H2,1H3;2*2H,1H2,(H,4,5). The highest BCUT2D eigenvalue weighted by Crippen LogP contribution is 2.18. The molecule has 0 unspecified atom stereocenters. The van der Waals surface area contributed by atoms with Crippen molar-refractivity contribution in [2.45, 2.75) is 39.5 Å². The Hall–Kier alpha value is -2.95. The van der Waals surface area contributed by atoms with Gasteiger partial charge >= 0.3 is 17.9 Å². The maximum Gasteiger partial charge on any atom is 0.333 e. The third kappa shape index (κ3) is 22.0. The van der Waals surface area contributed by atoms with Crippen LogP contribution in [0.5, 0.6) is 0 Å². The monoisotopic (exact) mass is 474 g/mol. The van der Waals surface area contributed by atoms with E-state index < -0.39 is 17.4 Å². The molecular weight excluding hydrogens is 436 g/mol. The van der Waals surface area contributed by atoms with E-state index in [4.69, 9.17) is 35.0 Å². The van der Waals surface area contributed by atoms with Gasteiger partial charge in [0.05, 0.1) is 25.6 Å². The Morgan fingerprint density at radius 2 is 1.48 bits per heavy atom. The zero-order valence-electron chi connectivity index (χ0n) is 19.5. The van der Waals surface area contributed by atoms with Crippen LogP contribution in [0.1, 0.15) is 39.5 Å². The number of carboxylic acids is 2.